The minimum atomic E-state index is -0.552. The molecule has 0 atom stereocenters. The van der Waals surface area contributed by atoms with Gasteiger partial charge in [0.1, 0.15) is 36.2 Å². The van der Waals surface area contributed by atoms with Gasteiger partial charge < -0.3 is 41.0 Å². The molecule has 1 heterocycles. The zero-order chi connectivity index (χ0) is 38.1. The molecule has 1 aromatic heterocycles. The van der Waals surface area contributed by atoms with Crippen molar-refractivity contribution in [3.63, 3.8) is 0 Å². The van der Waals surface area contributed by atoms with Crippen molar-refractivity contribution in [2.75, 3.05) is 21.3 Å². The van der Waals surface area contributed by atoms with Gasteiger partial charge in [0, 0.05) is 6.20 Å². The summed E-state index contributed by atoms with van der Waals surface area (Å²) in [5, 5.41) is 47.9. The number of hydrogen-bond donors (Lipinski definition) is 6. The molecule has 6 rings (SSSR count). The van der Waals surface area contributed by atoms with E-state index in [1.54, 1.807) is 48.7 Å². The first kappa shape index (κ1) is 37.2. The molecule has 0 aliphatic carbocycles. The second-order valence-electron chi connectivity index (χ2n) is 11.2. The molecule has 268 valence electrons. The third-order valence-corrected chi connectivity index (χ3v) is 7.36. The number of amides is 4. The summed E-state index contributed by atoms with van der Waals surface area (Å²) in [7, 11) is 0. The third-order valence-electron chi connectivity index (χ3n) is 7.36. The number of pyridine rings is 1. The predicted molar refractivity (Wildman–Crippen MR) is 203 cm³/mol. The van der Waals surface area contributed by atoms with Crippen LogP contribution < -0.4 is 30.7 Å². The number of hydrogen-bond acceptors (Lipinski definition) is 9. The SMILES string of the molecule is N#Cc1ccc(NC(=O)Nc2ccccc2OCc2ccccc2)c(O)c1.N#Cc1ccc(NC(=O)Nc2ccccc2OCc2ccccn2)c(O)c1. The van der Waals surface area contributed by atoms with Crippen LogP contribution in [0.2, 0.25) is 0 Å². The Morgan fingerprint density at radius 1 is 0.556 bits per heavy atom. The Morgan fingerprint density at radius 3 is 1.50 bits per heavy atom. The molecule has 13 nitrogen and oxygen atoms in total. The van der Waals surface area contributed by atoms with Crippen molar-refractivity contribution in [2.24, 2.45) is 0 Å². The molecule has 0 aliphatic rings. The molecule has 0 saturated heterocycles. The van der Waals surface area contributed by atoms with Crippen LogP contribution in [0.25, 0.3) is 0 Å². The molecule has 0 spiro atoms. The van der Waals surface area contributed by atoms with Gasteiger partial charge in [0.05, 0.1) is 51.7 Å². The van der Waals surface area contributed by atoms with Crippen molar-refractivity contribution in [1.82, 2.24) is 4.98 Å². The summed E-state index contributed by atoms with van der Waals surface area (Å²) in [5.74, 6) is 0.643. The minimum Gasteiger partial charge on any atom is -0.506 e. The van der Waals surface area contributed by atoms with E-state index >= 15 is 0 Å². The summed E-state index contributed by atoms with van der Waals surface area (Å²) in [4.78, 5) is 28.7. The van der Waals surface area contributed by atoms with E-state index in [1.807, 2.05) is 66.7 Å². The van der Waals surface area contributed by atoms with Gasteiger partial charge in [-0.15, -0.1) is 0 Å². The maximum atomic E-state index is 12.3. The summed E-state index contributed by atoms with van der Waals surface area (Å²) in [6.07, 6.45) is 1.68. The minimum absolute atomic E-state index is 0.183. The summed E-state index contributed by atoms with van der Waals surface area (Å²) >= 11 is 0. The molecule has 54 heavy (non-hydrogen) atoms. The number of phenols is 2. The Bertz CT molecular complexity index is 2130. The number of para-hydroxylation sites is 4. The number of rotatable bonds is 10. The lowest BCUT2D eigenvalue weighted by molar-refractivity contribution is 0.261. The van der Waals surface area contributed by atoms with Gasteiger partial charge in [-0.3, -0.25) is 4.98 Å². The predicted octanol–water partition coefficient (Wildman–Crippen LogP) is 8.37. The van der Waals surface area contributed by atoms with Gasteiger partial charge in [0.2, 0.25) is 0 Å². The molecule has 0 unspecified atom stereocenters. The van der Waals surface area contributed by atoms with Crippen LogP contribution in [0.15, 0.2) is 140 Å². The van der Waals surface area contributed by atoms with Gasteiger partial charge in [0.15, 0.2) is 0 Å². The first-order valence-electron chi connectivity index (χ1n) is 16.3. The van der Waals surface area contributed by atoms with Crippen LogP contribution in [0, 0.1) is 22.7 Å². The standard InChI is InChI=1S/C21H17N3O3.C20H16N4O3/c22-13-16-10-11-17(19(25)12-16)23-21(26)24-18-8-4-5-9-20(18)27-14-15-6-2-1-3-7-15;21-12-14-8-9-16(18(25)11-14)23-20(26)24-17-6-1-2-7-19(17)27-13-15-5-3-4-10-22-15/h1-12,25H,14H2,(H2,23,24,26);1-11,25H,13H2,(H2,23,24,26). The lowest BCUT2D eigenvalue weighted by atomic mass is 10.2. The monoisotopic (exact) mass is 719 g/mol. The second-order valence-corrected chi connectivity index (χ2v) is 11.2. The molecule has 5 aromatic carbocycles. The quantitative estimate of drug-likeness (QED) is 0.0752. The van der Waals surface area contributed by atoms with E-state index in [0.29, 0.717) is 40.6 Å². The van der Waals surface area contributed by atoms with Gasteiger partial charge in [0.25, 0.3) is 0 Å². The normalized spacial score (nSPS) is 9.89. The third kappa shape index (κ3) is 11.0. The van der Waals surface area contributed by atoms with Crippen LogP contribution in [-0.2, 0) is 13.2 Å². The Balaban J connectivity index is 0.000000208. The fourth-order valence-electron chi connectivity index (χ4n) is 4.73. The lowest BCUT2D eigenvalue weighted by Crippen LogP contribution is -2.20. The average Bonchev–Trinajstić information content (AvgIpc) is 3.19. The number of aromatic hydroxyl groups is 2. The van der Waals surface area contributed by atoms with E-state index in [1.165, 1.54) is 36.4 Å². The Hall–Kier alpha value is -8.03. The Labute approximate surface area is 310 Å². The van der Waals surface area contributed by atoms with E-state index < -0.39 is 12.1 Å². The van der Waals surface area contributed by atoms with Crippen molar-refractivity contribution < 1.29 is 29.3 Å². The zero-order valence-corrected chi connectivity index (χ0v) is 28.6. The summed E-state index contributed by atoms with van der Waals surface area (Å²) in [5.41, 5.74) is 3.74. The summed E-state index contributed by atoms with van der Waals surface area (Å²) in [6, 6.07) is 40.5. The Kier molecular flexibility index (Phi) is 13.0. The Morgan fingerprint density at radius 2 is 1.02 bits per heavy atom. The molecule has 4 amide bonds. The molecule has 0 aliphatic heterocycles. The second kappa shape index (κ2) is 18.8. The van der Waals surface area contributed by atoms with Gasteiger partial charge in [-0.2, -0.15) is 10.5 Å². The molecule has 0 bridgehead atoms. The number of aromatic nitrogens is 1. The van der Waals surface area contributed by atoms with E-state index in [4.69, 9.17) is 20.0 Å². The molecule has 0 fully saturated rings. The number of ether oxygens (including phenoxy) is 2. The first-order valence-corrected chi connectivity index (χ1v) is 16.3. The fraction of sp³-hybridized carbons (Fsp3) is 0.0488. The van der Waals surface area contributed by atoms with Crippen molar-refractivity contribution in [3.05, 3.63) is 162 Å². The largest absolute Gasteiger partial charge is 0.506 e. The molecule has 6 aromatic rings. The fourth-order valence-corrected chi connectivity index (χ4v) is 4.73. The van der Waals surface area contributed by atoms with Crippen LogP contribution in [0.4, 0.5) is 32.3 Å². The molecular formula is C41H33N7O6. The number of carbonyl (C=O) groups excluding carboxylic acids is 2. The highest BCUT2D eigenvalue weighted by Gasteiger charge is 2.12. The van der Waals surface area contributed by atoms with Crippen molar-refractivity contribution in [2.45, 2.75) is 13.2 Å². The summed E-state index contributed by atoms with van der Waals surface area (Å²) in [6.45, 7) is 0.634. The van der Waals surface area contributed by atoms with Crippen LogP contribution in [0.5, 0.6) is 23.0 Å². The van der Waals surface area contributed by atoms with Crippen molar-refractivity contribution in [3.8, 4) is 35.1 Å². The van der Waals surface area contributed by atoms with Crippen LogP contribution >= 0.6 is 0 Å². The average molecular weight is 720 g/mol. The number of nitriles is 2. The van der Waals surface area contributed by atoms with Gasteiger partial charge in [-0.1, -0.05) is 60.7 Å². The number of phenolic OH excluding ortho intramolecular Hbond substituents is 2. The van der Waals surface area contributed by atoms with Gasteiger partial charge >= 0.3 is 12.1 Å². The van der Waals surface area contributed by atoms with E-state index in [0.717, 1.165) is 11.3 Å². The molecule has 13 heteroatoms. The molecule has 0 radical (unpaired) electrons. The number of nitrogens with one attached hydrogen (secondary N) is 4. The van der Waals surface area contributed by atoms with E-state index in [2.05, 4.69) is 26.3 Å². The highest BCUT2D eigenvalue weighted by molar-refractivity contribution is 6.02. The van der Waals surface area contributed by atoms with Crippen LogP contribution in [0.1, 0.15) is 22.4 Å². The van der Waals surface area contributed by atoms with Gasteiger partial charge in [-0.05, 0) is 78.4 Å². The van der Waals surface area contributed by atoms with E-state index in [-0.39, 0.29) is 29.5 Å². The maximum Gasteiger partial charge on any atom is 0.323 e. The number of benzene rings is 5. The first-order chi connectivity index (χ1) is 26.3. The molecule has 6 N–H and O–H groups in total. The number of anilines is 4. The number of carbonyl (C=O) groups is 2. The maximum absolute atomic E-state index is 12.3. The highest BCUT2D eigenvalue weighted by Crippen LogP contribution is 2.29. The van der Waals surface area contributed by atoms with Crippen molar-refractivity contribution in [1.29, 1.82) is 10.5 Å². The molecular weight excluding hydrogens is 686 g/mol. The van der Waals surface area contributed by atoms with Crippen LogP contribution in [0.3, 0.4) is 0 Å². The summed E-state index contributed by atoms with van der Waals surface area (Å²) < 4.78 is 11.5. The van der Waals surface area contributed by atoms with Gasteiger partial charge in [-0.25, -0.2) is 9.59 Å². The highest BCUT2D eigenvalue weighted by atomic mass is 16.5. The number of urea groups is 2. The zero-order valence-electron chi connectivity index (χ0n) is 28.6. The smallest absolute Gasteiger partial charge is 0.323 e. The topological polar surface area (TPSA) is 202 Å². The van der Waals surface area contributed by atoms with Crippen LogP contribution in [-0.4, -0.2) is 27.3 Å². The lowest BCUT2D eigenvalue weighted by Gasteiger charge is -2.13. The number of nitrogens with zero attached hydrogens (tertiary/aromatic N) is 3. The van der Waals surface area contributed by atoms with Crippen molar-refractivity contribution >= 4 is 34.8 Å². The van der Waals surface area contributed by atoms with E-state index in [9.17, 15) is 19.8 Å². The molecule has 0 saturated carbocycles.